The summed E-state index contributed by atoms with van der Waals surface area (Å²) in [5.41, 5.74) is 0. The van der Waals surface area contributed by atoms with Gasteiger partial charge in [0.1, 0.15) is 11.5 Å². The van der Waals surface area contributed by atoms with Gasteiger partial charge in [-0.3, -0.25) is 4.79 Å². The van der Waals surface area contributed by atoms with E-state index in [0.29, 0.717) is 5.75 Å². The number of phenols is 1. The van der Waals surface area contributed by atoms with Gasteiger partial charge in [0.05, 0.1) is 0 Å². The van der Waals surface area contributed by atoms with E-state index in [1.165, 1.54) is 0 Å². The van der Waals surface area contributed by atoms with Gasteiger partial charge >= 0.3 is 0 Å². The number of hydrogen-bond donors (Lipinski definition) is 2. The molecular weight excluding hydrogens is 266 g/mol. The minimum absolute atomic E-state index is 0.00161. The second-order valence-electron chi connectivity index (χ2n) is 5.24. The SMILES string of the molecule is CCCC(C)NC(=O)COc1ccc2ccc(O)cc2c1. The van der Waals surface area contributed by atoms with E-state index >= 15 is 0 Å². The van der Waals surface area contributed by atoms with Crippen LogP contribution in [0.5, 0.6) is 11.5 Å². The van der Waals surface area contributed by atoms with Crippen molar-refractivity contribution >= 4 is 16.7 Å². The summed E-state index contributed by atoms with van der Waals surface area (Å²) in [7, 11) is 0. The third-order valence-corrected chi connectivity index (χ3v) is 3.29. The van der Waals surface area contributed by atoms with Crippen LogP contribution in [0.15, 0.2) is 36.4 Å². The number of fused-ring (bicyclic) bond motifs is 1. The monoisotopic (exact) mass is 287 g/mol. The third kappa shape index (κ3) is 4.38. The summed E-state index contributed by atoms with van der Waals surface area (Å²) in [4.78, 5) is 11.7. The second kappa shape index (κ2) is 6.97. The molecule has 0 aliphatic carbocycles. The molecular formula is C17H21NO3. The van der Waals surface area contributed by atoms with Crippen LogP contribution in [0.25, 0.3) is 10.8 Å². The number of carbonyl (C=O) groups is 1. The molecule has 2 aromatic rings. The zero-order valence-electron chi connectivity index (χ0n) is 12.4. The Balaban J connectivity index is 1.95. The van der Waals surface area contributed by atoms with Crippen molar-refractivity contribution in [1.82, 2.24) is 5.32 Å². The van der Waals surface area contributed by atoms with Crippen molar-refractivity contribution in [1.29, 1.82) is 0 Å². The van der Waals surface area contributed by atoms with Crippen molar-refractivity contribution in [3.05, 3.63) is 36.4 Å². The number of nitrogens with one attached hydrogen (secondary N) is 1. The van der Waals surface area contributed by atoms with E-state index < -0.39 is 0 Å². The van der Waals surface area contributed by atoms with Crippen LogP contribution in [0.2, 0.25) is 0 Å². The van der Waals surface area contributed by atoms with Crippen molar-refractivity contribution in [2.45, 2.75) is 32.7 Å². The molecule has 0 aliphatic heterocycles. The number of benzene rings is 2. The van der Waals surface area contributed by atoms with Crippen molar-refractivity contribution in [3.8, 4) is 11.5 Å². The fourth-order valence-corrected chi connectivity index (χ4v) is 2.27. The van der Waals surface area contributed by atoms with E-state index in [1.54, 1.807) is 12.1 Å². The molecule has 4 nitrogen and oxygen atoms in total. The van der Waals surface area contributed by atoms with Crippen LogP contribution in [0.3, 0.4) is 0 Å². The van der Waals surface area contributed by atoms with Gasteiger partial charge in [0.2, 0.25) is 0 Å². The molecule has 0 spiro atoms. The zero-order valence-corrected chi connectivity index (χ0v) is 12.4. The summed E-state index contributed by atoms with van der Waals surface area (Å²) in [6.45, 7) is 4.07. The smallest absolute Gasteiger partial charge is 0.258 e. The number of amides is 1. The summed E-state index contributed by atoms with van der Waals surface area (Å²) in [6.07, 6.45) is 2.00. The van der Waals surface area contributed by atoms with E-state index in [1.807, 2.05) is 31.2 Å². The van der Waals surface area contributed by atoms with E-state index in [4.69, 9.17) is 4.74 Å². The first-order chi connectivity index (χ1) is 10.1. The Morgan fingerprint density at radius 3 is 2.76 bits per heavy atom. The highest BCUT2D eigenvalue weighted by Crippen LogP contribution is 2.24. The highest BCUT2D eigenvalue weighted by atomic mass is 16.5. The normalized spacial score (nSPS) is 12.1. The molecule has 2 rings (SSSR count). The Bertz CT molecular complexity index is 624. The first kappa shape index (κ1) is 15.2. The van der Waals surface area contributed by atoms with Crippen LogP contribution in [0.1, 0.15) is 26.7 Å². The van der Waals surface area contributed by atoms with Crippen LogP contribution in [-0.4, -0.2) is 23.7 Å². The zero-order chi connectivity index (χ0) is 15.2. The van der Waals surface area contributed by atoms with Crippen molar-refractivity contribution in [2.24, 2.45) is 0 Å². The van der Waals surface area contributed by atoms with E-state index in [-0.39, 0.29) is 24.3 Å². The van der Waals surface area contributed by atoms with Gasteiger partial charge in [0.15, 0.2) is 6.61 Å². The minimum Gasteiger partial charge on any atom is -0.508 e. The van der Waals surface area contributed by atoms with E-state index in [9.17, 15) is 9.90 Å². The number of phenolic OH excluding ortho intramolecular Hbond substituents is 1. The highest BCUT2D eigenvalue weighted by molar-refractivity contribution is 5.85. The summed E-state index contributed by atoms with van der Waals surface area (Å²) < 4.78 is 5.50. The molecule has 1 amide bonds. The Labute approximate surface area is 124 Å². The molecule has 112 valence electrons. The lowest BCUT2D eigenvalue weighted by Gasteiger charge is -2.13. The fourth-order valence-electron chi connectivity index (χ4n) is 2.27. The minimum atomic E-state index is -0.119. The number of hydrogen-bond acceptors (Lipinski definition) is 3. The van der Waals surface area contributed by atoms with Gasteiger partial charge in [-0.2, -0.15) is 0 Å². The van der Waals surface area contributed by atoms with Gasteiger partial charge < -0.3 is 15.2 Å². The fraction of sp³-hybridized carbons (Fsp3) is 0.353. The van der Waals surface area contributed by atoms with E-state index in [2.05, 4.69) is 12.2 Å². The highest BCUT2D eigenvalue weighted by Gasteiger charge is 2.07. The number of aromatic hydroxyl groups is 1. The number of ether oxygens (including phenoxy) is 1. The summed E-state index contributed by atoms with van der Waals surface area (Å²) in [5.74, 6) is 0.712. The predicted octanol–water partition coefficient (Wildman–Crippen LogP) is 3.23. The Hall–Kier alpha value is -2.23. The molecule has 21 heavy (non-hydrogen) atoms. The molecule has 0 bridgehead atoms. The summed E-state index contributed by atoms with van der Waals surface area (Å²) >= 11 is 0. The van der Waals surface area contributed by atoms with Crippen LogP contribution in [-0.2, 0) is 4.79 Å². The number of carbonyl (C=O) groups excluding carboxylic acids is 1. The molecule has 0 saturated carbocycles. The topological polar surface area (TPSA) is 58.6 Å². The van der Waals surface area contributed by atoms with Gasteiger partial charge in [-0.1, -0.05) is 25.5 Å². The summed E-state index contributed by atoms with van der Waals surface area (Å²) in [6, 6.07) is 10.9. The van der Waals surface area contributed by atoms with Crippen molar-refractivity contribution in [2.75, 3.05) is 6.61 Å². The van der Waals surface area contributed by atoms with Gasteiger partial charge in [-0.25, -0.2) is 0 Å². The first-order valence-corrected chi connectivity index (χ1v) is 7.23. The lowest BCUT2D eigenvalue weighted by atomic mass is 10.1. The molecule has 2 N–H and O–H groups in total. The molecule has 1 unspecified atom stereocenters. The Kier molecular flexibility index (Phi) is 5.04. The van der Waals surface area contributed by atoms with E-state index in [0.717, 1.165) is 23.6 Å². The lowest BCUT2D eigenvalue weighted by molar-refractivity contribution is -0.123. The molecule has 0 saturated heterocycles. The standard InChI is InChI=1S/C17H21NO3/c1-3-4-12(2)18-17(20)11-21-16-8-6-13-5-7-15(19)9-14(13)10-16/h5-10,12,19H,3-4,11H2,1-2H3,(H,18,20). The molecule has 4 heteroatoms. The average molecular weight is 287 g/mol. The maximum atomic E-state index is 11.7. The van der Waals surface area contributed by atoms with Gasteiger partial charge in [0, 0.05) is 6.04 Å². The largest absolute Gasteiger partial charge is 0.508 e. The maximum absolute atomic E-state index is 11.7. The van der Waals surface area contributed by atoms with Crippen LogP contribution in [0, 0.1) is 0 Å². The maximum Gasteiger partial charge on any atom is 0.258 e. The quantitative estimate of drug-likeness (QED) is 0.857. The molecule has 0 heterocycles. The van der Waals surface area contributed by atoms with Gasteiger partial charge in [0.25, 0.3) is 5.91 Å². The molecule has 0 aromatic heterocycles. The van der Waals surface area contributed by atoms with Crippen LogP contribution >= 0.6 is 0 Å². The van der Waals surface area contributed by atoms with Crippen LogP contribution < -0.4 is 10.1 Å². The second-order valence-corrected chi connectivity index (χ2v) is 5.24. The third-order valence-electron chi connectivity index (χ3n) is 3.29. The first-order valence-electron chi connectivity index (χ1n) is 7.23. The number of rotatable bonds is 6. The van der Waals surface area contributed by atoms with Gasteiger partial charge in [-0.15, -0.1) is 0 Å². The van der Waals surface area contributed by atoms with Crippen molar-refractivity contribution < 1.29 is 14.6 Å². The molecule has 0 radical (unpaired) electrons. The Morgan fingerprint density at radius 1 is 1.24 bits per heavy atom. The van der Waals surface area contributed by atoms with Crippen molar-refractivity contribution in [3.63, 3.8) is 0 Å². The predicted molar refractivity (Wildman–Crippen MR) is 83.6 cm³/mol. The molecule has 1 atom stereocenters. The lowest BCUT2D eigenvalue weighted by Crippen LogP contribution is -2.35. The molecule has 2 aromatic carbocycles. The summed E-state index contributed by atoms with van der Waals surface area (Å²) in [5, 5.41) is 14.3. The molecule has 0 aliphatic rings. The average Bonchev–Trinajstić information content (AvgIpc) is 2.44. The van der Waals surface area contributed by atoms with Gasteiger partial charge in [-0.05, 0) is 48.4 Å². The molecule has 0 fully saturated rings. The van der Waals surface area contributed by atoms with Crippen LogP contribution in [0.4, 0.5) is 0 Å². The Morgan fingerprint density at radius 2 is 2.00 bits per heavy atom.